The van der Waals surface area contributed by atoms with Crippen molar-refractivity contribution in [3.63, 3.8) is 0 Å². The molecule has 0 fully saturated rings. The Labute approximate surface area is 91.9 Å². The third-order valence-corrected chi connectivity index (χ3v) is 1.83. The van der Waals surface area contributed by atoms with Gasteiger partial charge < -0.3 is 10.6 Å². The molecule has 0 unspecified atom stereocenters. The molecule has 0 saturated heterocycles. The van der Waals surface area contributed by atoms with E-state index in [1.54, 1.807) is 6.92 Å². The molecule has 0 aromatic carbocycles. The fourth-order valence-electron chi connectivity index (χ4n) is 1.13. The van der Waals surface area contributed by atoms with Crippen LogP contribution in [0.3, 0.4) is 0 Å². The molecule has 0 aromatic heterocycles. The third kappa shape index (κ3) is 5.86. The highest BCUT2D eigenvalue weighted by Gasteiger charge is 2.07. The van der Waals surface area contributed by atoms with Gasteiger partial charge in [-0.25, -0.2) is 0 Å². The van der Waals surface area contributed by atoms with E-state index in [4.69, 9.17) is 5.73 Å². The zero-order valence-electron chi connectivity index (χ0n) is 9.72. The average Bonchev–Trinajstić information content (AvgIpc) is 2.15. The van der Waals surface area contributed by atoms with Gasteiger partial charge in [0.25, 0.3) is 0 Å². The first-order valence-electron chi connectivity index (χ1n) is 4.55. The number of allylic oxidation sites excluding steroid dienone is 1. The van der Waals surface area contributed by atoms with E-state index in [0.29, 0.717) is 5.57 Å². The Morgan fingerprint density at radius 3 is 2.00 bits per heavy atom. The molecule has 0 aliphatic rings. The Morgan fingerprint density at radius 2 is 1.79 bits per heavy atom. The summed E-state index contributed by atoms with van der Waals surface area (Å²) in [6.45, 7) is 3.85. The number of halogens is 1. The maximum atomic E-state index is 10.9. The Balaban J connectivity index is 0. The highest BCUT2D eigenvalue weighted by Crippen LogP contribution is 2.12. The monoisotopic (exact) mass is 220 g/mol. The highest BCUT2D eigenvalue weighted by atomic mass is 35.5. The zero-order valence-corrected chi connectivity index (χ0v) is 10.5. The van der Waals surface area contributed by atoms with E-state index in [0.717, 1.165) is 18.5 Å². The van der Waals surface area contributed by atoms with E-state index in [-0.39, 0.29) is 5.91 Å². The van der Waals surface area contributed by atoms with Crippen molar-refractivity contribution in [2.24, 2.45) is 5.73 Å². The van der Waals surface area contributed by atoms with Gasteiger partial charge in [-0.1, -0.05) is 13.3 Å². The van der Waals surface area contributed by atoms with Gasteiger partial charge in [0.1, 0.15) is 0 Å². The minimum atomic E-state index is -0.327. The molecule has 0 saturated carbocycles. The molecule has 0 rings (SSSR count). The van der Waals surface area contributed by atoms with Gasteiger partial charge in [-0.15, -0.1) is 11.6 Å². The van der Waals surface area contributed by atoms with E-state index in [1.807, 2.05) is 19.0 Å². The van der Waals surface area contributed by atoms with Gasteiger partial charge in [-0.2, -0.15) is 0 Å². The van der Waals surface area contributed by atoms with E-state index >= 15 is 0 Å². The molecule has 0 aromatic rings. The second kappa shape index (κ2) is 8.88. The molecule has 3 nitrogen and oxygen atoms in total. The number of hydrogen-bond donors (Lipinski definition) is 1. The number of nitrogens with two attached hydrogens (primary N) is 1. The standard InChI is InChI=1S/C9H18N2O.CH3Cl/c1-5-6-8(11(3)4)7(2)9(10)12;1-2/h5-6H2,1-4H3,(H2,10,12);1H3/b8-7+;. The molecular formula is C10H21ClN2O. The lowest BCUT2D eigenvalue weighted by molar-refractivity contribution is -0.114. The van der Waals surface area contributed by atoms with Crippen LogP contribution in [0.2, 0.25) is 0 Å². The first-order valence-corrected chi connectivity index (χ1v) is 5.31. The summed E-state index contributed by atoms with van der Waals surface area (Å²) < 4.78 is 0. The van der Waals surface area contributed by atoms with Crippen molar-refractivity contribution in [3.8, 4) is 0 Å². The fraction of sp³-hybridized carbons (Fsp3) is 0.700. The van der Waals surface area contributed by atoms with Crippen LogP contribution < -0.4 is 5.73 Å². The largest absolute Gasteiger partial charge is 0.381 e. The summed E-state index contributed by atoms with van der Waals surface area (Å²) in [7, 11) is 3.86. The lowest BCUT2D eigenvalue weighted by Crippen LogP contribution is -2.20. The number of carbonyl (C=O) groups is 1. The predicted octanol–water partition coefficient (Wildman–Crippen LogP) is 1.96. The Morgan fingerprint density at radius 1 is 1.36 bits per heavy atom. The summed E-state index contributed by atoms with van der Waals surface area (Å²) in [6.07, 6.45) is 3.40. The first kappa shape index (κ1) is 15.8. The zero-order chi connectivity index (χ0) is 11.7. The smallest absolute Gasteiger partial charge is 0.246 e. The van der Waals surface area contributed by atoms with Gasteiger partial charge in [-0.3, -0.25) is 4.79 Å². The maximum absolute atomic E-state index is 10.9. The van der Waals surface area contributed by atoms with Gasteiger partial charge in [0.05, 0.1) is 0 Å². The van der Waals surface area contributed by atoms with E-state index in [9.17, 15) is 4.79 Å². The lowest BCUT2D eigenvalue weighted by Gasteiger charge is -2.18. The number of primary amides is 1. The van der Waals surface area contributed by atoms with Crippen molar-refractivity contribution < 1.29 is 4.79 Å². The van der Waals surface area contributed by atoms with Crippen LogP contribution in [0, 0.1) is 0 Å². The van der Waals surface area contributed by atoms with E-state index in [1.165, 1.54) is 6.38 Å². The molecule has 2 N–H and O–H groups in total. The molecule has 0 bridgehead atoms. The van der Waals surface area contributed by atoms with Gasteiger partial charge in [0.15, 0.2) is 0 Å². The second-order valence-corrected chi connectivity index (χ2v) is 3.08. The topological polar surface area (TPSA) is 46.3 Å². The van der Waals surface area contributed by atoms with Crippen LogP contribution in [-0.4, -0.2) is 31.3 Å². The normalized spacial score (nSPS) is 11.0. The van der Waals surface area contributed by atoms with Crippen LogP contribution in [-0.2, 0) is 4.79 Å². The molecule has 0 spiro atoms. The first-order chi connectivity index (χ1) is 6.50. The van der Waals surface area contributed by atoms with Crippen LogP contribution in [0.25, 0.3) is 0 Å². The van der Waals surface area contributed by atoms with Gasteiger partial charge in [-0.05, 0) is 13.3 Å². The molecule has 0 aliphatic heterocycles. The molecule has 0 heterocycles. The van der Waals surface area contributed by atoms with E-state index in [2.05, 4.69) is 18.5 Å². The second-order valence-electron chi connectivity index (χ2n) is 3.08. The summed E-state index contributed by atoms with van der Waals surface area (Å²) >= 11 is 4.64. The number of alkyl halides is 1. The maximum Gasteiger partial charge on any atom is 0.246 e. The third-order valence-electron chi connectivity index (χ3n) is 1.83. The van der Waals surface area contributed by atoms with Crippen LogP contribution >= 0.6 is 11.6 Å². The van der Waals surface area contributed by atoms with Crippen molar-refractivity contribution in [1.29, 1.82) is 0 Å². The number of rotatable bonds is 4. The van der Waals surface area contributed by atoms with Crippen molar-refractivity contribution in [3.05, 3.63) is 11.3 Å². The SMILES string of the molecule is CCC/C(=C(/C)C(N)=O)N(C)C.CCl. The highest BCUT2D eigenvalue weighted by molar-refractivity contribution is 6.15. The van der Waals surface area contributed by atoms with Crippen molar-refractivity contribution in [2.45, 2.75) is 26.7 Å². The Hall–Kier alpha value is -0.700. The van der Waals surface area contributed by atoms with E-state index < -0.39 is 0 Å². The summed E-state index contributed by atoms with van der Waals surface area (Å²) in [5, 5.41) is 0. The van der Waals surface area contributed by atoms with Gasteiger partial charge in [0, 0.05) is 31.7 Å². The summed E-state index contributed by atoms with van der Waals surface area (Å²) in [5.74, 6) is -0.327. The minimum absolute atomic E-state index is 0.327. The van der Waals surface area contributed by atoms with Crippen LogP contribution in [0.15, 0.2) is 11.3 Å². The average molecular weight is 221 g/mol. The molecular weight excluding hydrogens is 200 g/mol. The van der Waals surface area contributed by atoms with Gasteiger partial charge >= 0.3 is 0 Å². The van der Waals surface area contributed by atoms with Gasteiger partial charge in [0.2, 0.25) is 5.91 Å². The van der Waals surface area contributed by atoms with Crippen molar-refractivity contribution in [2.75, 3.05) is 20.5 Å². The minimum Gasteiger partial charge on any atom is -0.381 e. The molecule has 1 amide bonds. The number of nitrogens with zero attached hydrogens (tertiary/aromatic N) is 1. The molecule has 0 atom stereocenters. The predicted molar refractivity (Wildman–Crippen MR) is 62.3 cm³/mol. The van der Waals surface area contributed by atoms with Crippen molar-refractivity contribution in [1.82, 2.24) is 4.90 Å². The molecule has 4 heteroatoms. The molecule has 0 radical (unpaired) electrons. The fourth-order valence-corrected chi connectivity index (χ4v) is 1.13. The molecule has 84 valence electrons. The Bertz CT molecular complexity index is 200. The van der Waals surface area contributed by atoms with Crippen LogP contribution in [0.1, 0.15) is 26.7 Å². The number of carbonyl (C=O) groups excluding carboxylic acids is 1. The number of hydrogen-bond acceptors (Lipinski definition) is 2. The summed E-state index contributed by atoms with van der Waals surface area (Å²) in [6, 6.07) is 0. The molecule has 0 aliphatic carbocycles. The van der Waals surface area contributed by atoms with Crippen LogP contribution in [0.5, 0.6) is 0 Å². The quantitative estimate of drug-likeness (QED) is 0.582. The van der Waals surface area contributed by atoms with Crippen molar-refractivity contribution >= 4 is 17.5 Å². The summed E-state index contributed by atoms with van der Waals surface area (Å²) in [5.41, 5.74) is 6.88. The van der Waals surface area contributed by atoms with Crippen LogP contribution in [0.4, 0.5) is 0 Å². The number of amides is 1. The summed E-state index contributed by atoms with van der Waals surface area (Å²) in [4.78, 5) is 12.8. The lowest BCUT2D eigenvalue weighted by atomic mass is 10.1. The Kier molecular flexibility index (Phi) is 9.99. The molecule has 14 heavy (non-hydrogen) atoms.